The number of hydrogen-bond acceptors (Lipinski definition) is 3. The summed E-state index contributed by atoms with van der Waals surface area (Å²) >= 11 is 0. The monoisotopic (exact) mass is 224 g/mol. The summed E-state index contributed by atoms with van der Waals surface area (Å²) < 4.78 is 10.8. The highest BCUT2D eigenvalue weighted by Gasteiger charge is 2.29. The molecule has 0 bridgehead atoms. The van der Waals surface area contributed by atoms with Crippen LogP contribution in [0.2, 0.25) is 0 Å². The number of rotatable bonds is 4. The van der Waals surface area contributed by atoms with Gasteiger partial charge in [0.2, 0.25) is 0 Å². The van der Waals surface area contributed by atoms with E-state index in [9.17, 15) is 4.79 Å². The molecule has 0 saturated heterocycles. The van der Waals surface area contributed by atoms with Gasteiger partial charge in [-0.1, -0.05) is 12.8 Å². The summed E-state index contributed by atoms with van der Waals surface area (Å²) in [6.07, 6.45) is 5.81. The van der Waals surface area contributed by atoms with Crippen molar-refractivity contribution >= 4 is 5.97 Å². The molecule has 1 aliphatic carbocycles. The molecule has 4 nitrogen and oxygen atoms in total. The molecule has 1 aromatic rings. The van der Waals surface area contributed by atoms with Gasteiger partial charge >= 0.3 is 5.97 Å². The zero-order chi connectivity index (χ0) is 11.4. The molecule has 0 aromatic carbocycles. The van der Waals surface area contributed by atoms with Gasteiger partial charge in [-0.25, -0.2) is 4.79 Å². The number of hydrogen-bond donors (Lipinski definition) is 1. The van der Waals surface area contributed by atoms with Crippen LogP contribution in [0.5, 0.6) is 0 Å². The van der Waals surface area contributed by atoms with E-state index in [-0.39, 0.29) is 18.6 Å². The molecular formula is C12H16O4. The van der Waals surface area contributed by atoms with Crippen LogP contribution in [0.15, 0.2) is 22.8 Å². The second kappa shape index (κ2) is 5.16. The molecule has 88 valence electrons. The molecule has 1 saturated carbocycles. The summed E-state index contributed by atoms with van der Waals surface area (Å²) in [4.78, 5) is 10.5. The van der Waals surface area contributed by atoms with Crippen LogP contribution < -0.4 is 0 Å². The van der Waals surface area contributed by atoms with Crippen molar-refractivity contribution in [2.24, 2.45) is 0 Å². The topological polar surface area (TPSA) is 59.7 Å². The molecular weight excluding hydrogens is 208 g/mol. The lowest BCUT2D eigenvalue weighted by molar-refractivity contribution is -0.145. The standard InChI is InChI=1S/C12H16O4/c13-12(14)8-16-11-5-2-1-4-9(11)10-6-3-7-15-10/h3,6-7,9,11H,1-2,4-5,8H2,(H,13,14)/t9-,11+/m1/s1. The van der Waals surface area contributed by atoms with E-state index in [0.717, 1.165) is 31.4 Å². The zero-order valence-electron chi connectivity index (χ0n) is 9.09. The van der Waals surface area contributed by atoms with Crippen molar-refractivity contribution in [2.45, 2.75) is 37.7 Å². The first-order valence-electron chi connectivity index (χ1n) is 5.64. The van der Waals surface area contributed by atoms with Crippen LogP contribution in [0.25, 0.3) is 0 Å². The Morgan fingerprint density at radius 3 is 3.00 bits per heavy atom. The molecule has 16 heavy (non-hydrogen) atoms. The highest BCUT2D eigenvalue weighted by Crippen LogP contribution is 2.35. The molecule has 0 spiro atoms. The predicted molar refractivity (Wildman–Crippen MR) is 57.3 cm³/mol. The summed E-state index contributed by atoms with van der Waals surface area (Å²) in [7, 11) is 0. The first kappa shape index (κ1) is 11.2. The Labute approximate surface area is 94.2 Å². The quantitative estimate of drug-likeness (QED) is 0.853. The second-order valence-corrected chi connectivity index (χ2v) is 4.15. The van der Waals surface area contributed by atoms with E-state index in [1.54, 1.807) is 6.26 Å². The second-order valence-electron chi connectivity index (χ2n) is 4.15. The van der Waals surface area contributed by atoms with Crippen LogP contribution in [-0.2, 0) is 9.53 Å². The van der Waals surface area contributed by atoms with Crippen LogP contribution in [-0.4, -0.2) is 23.8 Å². The number of ether oxygens (including phenoxy) is 1. The van der Waals surface area contributed by atoms with Crippen LogP contribution in [0.4, 0.5) is 0 Å². The first-order chi connectivity index (χ1) is 7.77. The summed E-state index contributed by atoms with van der Waals surface area (Å²) in [6.45, 7) is -0.220. The van der Waals surface area contributed by atoms with Crippen LogP contribution in [0.3, 0.4) is 0 Å². The Kier molecular flexibility index (Phi) is 3.62. The smallest absolute Gasteiger partial charge is 0.329 e. The summed E-state index contributed by atoms with van der Waals surface area (Å²) in [5.74, 6) is 0.210. The largest absolute Gasteiger partial charge is 0.480 e. The fraction of sp³-hybridized carbons (Fsp3) is 0.583. The first-order valence-corrected chi connectivity index (χ1v) is 5.64. The average molecular weight is 224 g/mol. The van der Waals surface area contributed by atoms with E-state index in [0.29, 0.717) is 0 Å². The van der Waals surface area contributed by atoms with E-state index in [2.05, 4.69) is 0 Å². The highest BCUT2D eigenvalue weighted by molar-refractivity contribution is 5.68. The van der Waals surface area contributed by atoms with E-state index >= 15 is 0 Å². The predicted octanol–water partition coefficient (Wildman–Crippen LogP) is 2.41. The minimum Gasteiger partial charge on any atom is -0.480 e. The third kappa shape index (κ3) is 2.64. The van der Waals surface area contributed by atoms with E-state index in [1.165, 1.54) is 0 Å². The number of carboxylic acids is 1. The lowest BCUT2D eigenvalue weighted by Gasteiger charge is -2.29. The summed E-state index contributed by atoms with van der Waals surface area (Å²) in [6, 6.07) is 3.80. The van der Waals surface area contributed by atoms with Crippen molar-refractivity contribution < 1.29 is 19.1 Å². The molecule has 1 fully saturated rings. The molecule has 1 N–H and O–H groups in total. The van der Waals surface area contributed by atoms with Gasteiger partial charge in [0.15, 0.2) is 0 Å². The SMILES string of the molecule is O=C(O)CO[C@H]1CCCC[C@@H]1c1ccco1. The number of carbonyl (C=O) groups is 1. The van der Waals surface area contributed by atoms with E-state index in [1.807, 2.05) is 12.1 Å². The zero-order valence-corrected chi connectivity index (χ0v) is 9.09. The Bertz CT molecular complexity index is 331. The minimum atomic E-state index is -0.913. The third-order valence-corrected chi connectivity index (χ3v) is 3.03. The van der Waals surface area contributed by atoms with Crippen molar-refractivity contribution in [2.75, 3.05) is 6.61 Å². The summed E-state index contributed by atoms with van der Waals surface area (Å²) in [5, 5.41) is 8.61. The maximum atomic E-state index is 10.5. The van der Waals surface area contributed by atoms with Gasteiger partial charge in [0, 0.05) is 5.92 Å². The van der Waals surface area contributed by atoms with Crippen molar-refractivity contribution in [3.8, 4) is 0 Å². The van der Waals surface area contributed by atoms with Gasteiger partial charge < -0.3 is 14.3 Å². The van der Waals surface area contributed by atoms with Gasteiger partial charge in [0.05, 0.1) is 12.4 Å². The maximum Gasteiger partial charge on any atom is 0.329 e. The molecule has 1 aliphatic rings. The van der Waals surface area contributed by atoms with Crippen LogP contribution in [0, 0.1) is 0 Å². The molecule has 0 unspecified atom stereocenters. The molecule has 0 amide bonds. The van der Waals surface area contributed by atoms with Crippen LogP contribution in [0.1, 0.15) is 37.4 Å². The lowest BCUT2D eigenvalue weighted by Crippen LogP contribution is -2.28. The Morgan fingerprint density at radius 2 is 2.31 bits per heavy atom. The van der Waals surface area contributed by atoms with Gasteiger partial charge in [-0.2, -0.15) is 0 Å². The van der Waals surface area contributed by atoms with Gasteiger partial charge in [0.1, 0.15) is 12.4 Å². The minimum absolute atomic E-state index is 0.0176. The number of carboxylic acid groups (broad SMARTS) is 1. The highest BCUT2D eigenvalue weighted by atomic mass is 16.5. The van der Waals surface area contributed by atoms with Crippen molar-refractivity contribution in [1.29, 1.82) is 0 Å². The molecule has 1 aromatic heterocycles. The molecule has 1 heterocycles. The number of furan rings is 1. The fourth-order valence-corrected chi connectivity index (χ4v) is 2.30. The van der Waals surface area contributed by atoms with Crippen molar-refractivity contribution in [1.82, 2.24) is 0 Å². The molecule has 0 aliphatic heterocycles. The Morgan fingerprint density at radius 1 is 1.50 bits per heavy atom. The summed E-state index contributed by atoms with van der Waals surface area (Å²) in [5.41, 5.74) is 0. The third-order valence-electron chi connectivity index (χ3n) is 3.03. The van der Waals surface area contributed by atoms with Crippen molar-refractivity contribution in [3.63, 3.8) is 0 Å². The normalized spacial score (nSPS) is 25.5. The van der Waals surface area contributed by atoms with E-state index in [4.69, 9.17) is 14.3 Å². The molecule has 2 atom stereocenters. The molecule has 2 rings (SSSR count). The Balaban J connectivity index is 2.00. The molecule has 4 heteroatoms. The van der Waals surface area contributed by atoms with Crippen LogP contribution >= 0.6 is 0 Å². The Hall–Kier alpha value is -1.29. The maximum absolute atomic E-state index is 10.5. The average Bonchev–Trinajstić information content (AvgIpc) is 2.80. The molecule has 0 radical (unpaired) electrons. The number of aliphatic carboxylic acids is 1. The van der Waals surface area contributed by atoms with Gasteiger partial charge in [-0.15, -0.1) is 0 Å². The van der Waals surface area contributed by atoms with Gasteiger partial charge in [-0.05, 0) is 25.0 Å². The lowest BCUT2D eigenvalue weighted by atomic mass is 9.85. The van der Waals surface area contributed by atoms with Crippen molar-refractivity contribution in [3.05, 3.63) is 24.2 Å². The van der Waals surface area contributed by atoms with E-state index < -0.39 is 5.97 Å². The fourth-order valence-electron chi connectivity index (χ4n) is 2.30. The van der Waals surface area contributed by atoms with Gasteiger partial charge in [0.25, 0.3) is 0 Å². The van der Waals surface area contributed by atoms with Gasteiger partial charge in [-0.3, -0.25) is 0 Å².